The van der Waals surface area contributed by atoms with E-state index in [9.17, 15) is 0 Å². The van der Waals surface area contributed by atoms with E-state index >= 15 is 0 Å². The largest absolute Gasteiger partial charge is 0.396 e. The maximum atomic E-state index is 8.93. The lowest BCUT2D eigenvalue weighted by atomic mass is 10.1. The third kappa shape index (κ3) is 1.17. The molecule has 0 amide bonds. The van der Waals surface area contributed by atoms with Gasteiger partial charge in [-0.2, -0.15) is 0 Å². The van der Waals surface area contributed by atoms with Gasteiger partial charge in [-0.05, 0) is 12.8 Å². The van der Waals surface area contributed by atoms with Crippen LogP contribution in [0.4, 0.5) is 0 Å². The van der Waals surface area contributed by atoms with Gasteiger partial charge in [0.2, 0.25) is 0 Å². The average Bonchev–Trinajstić information content (AvgIpc) is 2.72. The molecular weight excluding hydrogens is 132 g/mol. The Balaban J connectivity index is 2.43. The first-order chi connectivity index (χ1) is 4.79. The predicted octanol–water partition coefficient (Wildman–Crippen LogP) is 0.378. The molecular formula is C7H14O3. The zero-order valence-electron chi connectivity index (χ0n) is 6.46. The predicted molar refractivity (Wildman–Crippen MR) is 36.6 cm³/mol. The molecule has 0 aliphatic heterocycles. The zero-order valence-corrected chi connectivity index (χ0v) is 6.46. The van der Waals surface area contributed by atoms with Crippen molar-refractivity contribution in [2.75, 3.05) is 20.8 Å². The van der Waals surface area contributed by atoms with Crippen LogP contribution in [0.1, 0.15) is 12.8 Å². The van der Waals surface area contributed by atoms with Crippen molar-refractivity contribution in [2.24, 2.45) is 5.41 Å². The first-order valence-electron chi connectivity index (χ1n) is 3.45. The van der Waals surface area contributed by atoms with Gasteiger partial charge in [0.15, 0.2) is 6.29 Å². The molecule has 1 fully saturated rings. The Bertz CT molecular complexity index is 105. The average molecular weight is 146 g/mol. The highest BCUT2D eigenvalue weighted by molar-refractivity contribution is 4.95. The van der Waals surface area contributed by atoms with Gasteiger partial charge < -0.3 is 14.6 Å². The van der Waals surface area contributed by atoms with Crippen LogP contribution in [0.15, 0.2) is 0 Å². The number of rotatable bonds is 4. The van der Waals surface area contributed by atoms with E-state index in [1.165, 1.54) is 0 Å². The van der Waals surface area contributed by atoms with E-state index in [4.69, 9.17) is 14.6 Å². The fourth-order valence-corrected chi connectivity index (χ4v) is 1.23. The zero-order chi connectivity index (χ0) is 7.61. The van der Waals surface area contributed by atoms with Crippen LogP contribution >= 0.6 is 0 Å². The second kappa shape index (κ2) is 2.86. The normalized spacial score (nSPS) is 21.6. The maximum absolute atomic E-state index is 8.93. The van der Waals surface area contributed by atoms with Crippen molar-refractivity contribution >= 4 is 0 Å². The number of methoxy groups -OCH3 is 2. The number of aliphatic hydroxyl groups is 1. The van der Waals surface area contributed by atoms with Crippen molar-refractivity contribution in [2.45, 2.75) is 19.1 Å². The van der Waals surface area contributed by atoms with Gasteiger partial charge in [-0.3, -0.25) is 0 Å². The van der Waals surface area contributed by atoms with Crippen LogP contribution in [0.5, 0.6) is 0 Å². The molecule has 0 aromatic carbocycles. The monoisotopic (exact) mass is 146 g/mol. The third-order valence-corrected chi connectivity index (χ3v) is 2.14. The van der Waals surface area contributed by atoms with Gasteiger partial charge in [0.25, 0.3) is 0 Å². The number of aliphatic hydroxyl groups excluding tert-OH is 1. The quantitative estimate of drug-likeness (QED) is 0.583. The van der Waals surface area contributed by atoms with E-state index < -0.39 is 0 Å². The van der Waals surface area contributed by atoms with Gasteiger partial charge >= 0.3 is 0 Å². The summed E-state index contributed by atoms with van der Waals surface area (Å²) >= 11 is 0. The lowest BCUT2D eigenvalue weighted by Crippen LogP contribution is -2.29. The van der Waals surface area contributed by atoms with Crippen molar-refractivity contribution < 1.29 is 14.6 Å². The summed E-state index contributed by atoms with van der Waals surface area (Å²) in [7, 11) is 3.20. The molecule has 1 aliphatic carbocycles. The van der Waals surface area contributed by atoms with Crippen molar-refractivity contribution in [1.29, 1.82) is 0 Å². The third-order valence-electron chi connectivity index (χ3n) is 2.14. The van der Waals surface area contributed by atoms with E-state index in [1.54, 1.807) is 14.2 Å². The van der Waals surface area contributed by atoms with Gasteiger partial charge in [-0.15, -0.1) is 0 Å². The highest BCUT2D eigenvalue weighted by Gasteiger charge is 2.50. The highest BCUT2D eigenvalue weighted by atomic mass is 16.7. The minimum atomic E-state index is -0.225. The highest BCUT2D eigenvalue weighted by Crippen LogP contribution is 2.49. The summed E-state index contributed by atoms with van der Waals surface area (Å²) in [5.41, 5.74) is -0.0799. The lowest BCUT2D eigenvalue weighted by molar-refractivity contribution is -0.156. The van der Waals surface area contributed by atoms with Crippen LogP contribution < -0.4 is 0 Å². The first kappa shape index (κ1) is 7.98. The summed E-state index contributed by atoms with van der Waals surface area (Å²) in [4.78, 5) is 0. The van der Waals surface area contributed by atoms with Crippen LogP contribution in [-0.4, -0.2) is 32.2 Å². The lowest BCUT2D eigenvalue weighted by Gasteiger charge is -2.21. The summed E-state index contributed by atoms with van der Waals surface area (Å²) in [6.45, 7) is 0.166. The van der Waals surface area contributed by atoms with Crippen molar-refractivity contribution in [3.05, 3.63) is 0 Å². The van der Waals surface area contributed by atoms with Crippen LogP contribution in [0, 0.1) is 5.41 Å². The van der Waals surface area contributed by atoms with E-state index in [0.29, 0.717) is 0 Å². The SMILES string of the molecule is COC(OC)C1(CO)CC1. The van der Waals surface area contributed by atoms with E-state index in [1.807, 2.05) is 0 Å². The molecule has 0 bridgehead atoms. The van der Waals surface area contributed by atoms with Gasteiger partial charge in [0.05, 0.1) is 6.61 Å². The van der Waals surface area contributed by atoms with Crippen LogP contribution in [0.3, 0.4) is 0 Å². The summed E-state index contributed by atoms with van der Waals surface area (Å²) in [5, 5.41) is 8.93. The van der Waals surface area contributed by atoms with Gasteiger partial charge in [0.1, 0.15) is 0 Å². The molecule has 10 heavy (non-hydrogen) atoms. The summed E-state index contributed by atoms with van der Waals surface area (Å²) in [6, 6.07) is 0. The Labute approximate surface area is 60.9 Å². The molecule has 0 atom stereocenters. The summed E-state index contributed by atoms with van der Waals surface area (Å²) < 4.78 is 10.1. The second-order valence-corrected chi connectivity index (χ2v) is 2.82. The molecule has 0 spiro atoms. The Morgan fingerprint density at radius 1 is 1.40 bits per heavy atom. The van der Waals surface area contributed by atoms with Crippen LogP contribution in [0.25, 0.3) is 0 Å². The molecule has 0 aromatic heterocycles. The minimum Gasteiger partial charge on any atom is -0.396 e. The van der Waals surface area contributed by atoms with Gasteiger partial charge in [-0.25, -0.2) is 0 Å². The molecule has 0 aromatic rings. The van der Waals surface area contributed by atoms with Gasteiger partial charge in [0, 0.05) is 19.6 Å². The second-order valence-electron chi connectivity index (χ2n) is 2.82. The van der Waals surface area contributed by atoms with E-state index in [-0.39, 0.29) is 18.3 Å². The standard InChI is InChI=1S/C7H14O3/c1-9-6(10-2)7(5-8)3-4-7/h6,8H,3-5H2,1-2H3. The molecule has 0 radical (unpaired) electrons. The van der Waals surface area contributed by atoms with Crippen molar-refractivity contribution in [1.82, 2.24) is 0 Å². The van der Waals surface area contributed by atoms with E-state index in [2.05, 4.69) is 0 Å². The molecule has 0 unspecified atom stereocenters. The smallest absolute Gasteiger partial charge is 0.164 e. The fourth-order valence-electron chi connectivity index (χ4n) is 1.23. The topological polar surface area (TPSA) is 38.7 Å². The van der Waals surface area contributed by atoms with Crippen molar-refractivity contribution in [3.63, 3.8) is 0 Å². The number of ether oxygens (including phenoxy) is 2. The number of hydrogen-bond donors (Lipinski definition) is 1. The van der Waals surface area contributed by atoms with Gasteiger partial charge in [-0.1, -0.05) is 0 Å². The van der Waals surface area contributed by atoms with E-state index in [0.717, 1.165) is 12.8 Å². The molecule has 3 nitrogen and oxygen atoms in total. The van der Waals surface area contributed by atoms with Crippen molar-refractivity contribution in [3.8, 4) is 0 Å². The van der Waals surface area contributed by atoms with Crippen LogP contribution in [-0.2, 0) is 9.47 Å². The molecule has 3 heteroatoms. The molecule has 60 valence electrons. The minimum absolute atomic E-state index is 0.0799. The first-order valence-corrected chi connectivity index (χ1v) is 3.45. The fraction of sp³-hybridized carbons (Fsp3) is 1.00. The Kier molecular flexibility index (Phi) is 2.28. The molecule has 1 aliphatic rings. The molecule has 0 saturated heterocycles. The molecule has 1 saturated carbocycles. The Morgan fingerprint density at radius 3 is 2.00 bits per heavy atom. The molecule has 1 N–H and O–H groups in total. The number of hydrogen-bond acceptors (Lipinski definition) is 3. The summed E-state index contributed by atoms with van der Waals surface area (Å²) in [5.74, 6) is 0. The Hall–Kier alpha value is -0.120. The molecule has 1 rings (SSSR count). The maximum Gasteiger partial charge on any atom is 0.164 e. The van der Waals surface area contributed by atoms with Crippen LogP contribution in [0.2, 0.25) is 0 Å². The molecule has 0 heterocycles. The Morgan fingerprint density at radius 2 is 1.90 bits per heavy atom. The summed E-state index contributed by atoms with van der Waals surface area (Å²) in [6.07, 6.45) is 1.79.